The lowest BCUT2D eigenvalue weighted by molar-refractivity contribution is 0.0954. The van der Waals surface area contributed by atoms with Crippen molar-refractivity contribution in [2.24, 2.45) is 0 Å². The molecule has 5 heteroatoms. The Morgan fingerprint density at radius 2 is 1.96 bits per heavy atom. The van der Waals surface area contributed by atoms with Crippen molar-refractivity contribution >= 4 is 16.8 Å². The fraction of sp³-hybridized carbons (Fsp3) is 0.0870. The lowest BCUT2D eigenvalue weighted by atomic mass is 10.1. The Labute approximate surface area is 162 Å². The quantitative estimate of drug-likeness (QED) is 0.558. The molecule has 1 amide bonds. The van der Waals surface area contributed by atoms with Crippen molar-refractivity contribution in [2.75, 3.05) is 6.54 Å². The monoisotopic (exact) mass is 366 g/mol. The lowest BCUT2D eigenvalue weighted by Gasteiger charge is -2.07. The molecule has 0 fully saturated rings. The summed E-state index contributed by atoms with van der Waals surface area (Å²) in [6, 6.07) is 19.5. The summed E-state index contributed by atoms with van der Waals surface area (Å²) < 4.78 is 0. The minimum atomic E-state index is -0.0989. The maximum atomic E-state index is 12.4. The Bertz CT molecular complexity index is 1150. The fourth-order valence-electron chi connectivity index (χ4n) is 3.19. The van der Waals surface area contributed by atoms with Gasteiger partial charge in [-0.1, -0.05) is 24.3 Å². The van der Waals surface area contributed by atoms with Gasteiger partial charge in [0.15, 0.2) is 0 Å². The van der Waals surface area contributed by atoms with Gasteiger partial charge in [-0.3, -0.25) is 9.78 Å². The van der Waals surface area contributed by atoms with Crippen LogP contribution in [0.4, 0.5) is 0 Å². The predicted molar refractivity (Wildman–Crippen MR) is 109 cm³/mol. The third kappa shape index (κ3) is 3.62. The van der Waals surface area contributed by atoms with Crippen LogP contribution in [0.2, 0.25) is 0 Å². The first-order chi connectivity index (χ1) is 13.7. The second-order valence-electron chi connectivity index (χ2n) is 6.52. The average molecular weight is 366 g/mol. The lowest BCUT2D eigenvalue weighted by Crippen LogP contribution is -2.25. The molecule has 2 aromatic heterocycles. The van der Waals surface area contributed by atoms with Crippen LogP contribution in [0.15, 0.2) is 73.2 Å². The summed E-state index contributed by atoms with van der Waals surface area (Å²) in [5, 5.41) is 13.0. The van der Waals surface area contributed by atoms with Crippen LogP contribution in [0.25, 0.3) is 22.0 Å². The Morgan fingerprint density at radius 3 is 2.71 bits per heavy atom. The first-order valence-electron chi connectivity index (χ1n) is 9.03. The summed E-state index contributed by atoms with van der Waals surface area (Å²) in [6.45, 7) is 0.529. The van der Waals surface area contributed by atoms with Crippen LogP contribution >= 0.6 is 0 Å². The summed E-state index contributed by atoms with van der Waals surface area (Å²) in [4.78, 5) is 19.6. The zero-order valence-corrected chi connectivity index (χ0v) is 15.1. The molecule has 5 nitrogen and oxygen atoms in total. The number of rotatable bonds is 5. The minimum Gasteiger partial charge on any atom is -0.360 e. The van der Waals surface area contributed by atoms with Gasteiger partial charge in [-0.25, -0.2) is 0 Å². The minimum absolute atomic E-state index is 0.0989. The van der Waals surface area contributed by atoms with Crippen molar-refractivity contribution in [1.29, 1.82) is 5.26 Å². The standard InChI is InChI=1S/C23H18N4O/c24-13-20-15-27-22-8-3-16(12-21(20)22)9-11-26-23(28)18-6-4-17(5-7-18)19-2-1-10-25-14-19/h1-8,10,12,14-15,27H,9,11H2,(H,26,28). The van der Waals surface area contributed by atoms with Crippen molar-refractivity contribution in [3.63, 3.8) is 0 Å². The highest BCUT2D eigenvalue weighted by atomic mass is 16.1. The topological polar surface area (TPSA) is 81.6 Å². The van der Waals surface area contributed by atoms with E-state index in [0.717, 1.165) is 27.6 Å². The highest BCUT2D eigenvalue weighted by Crippen LogP contribution is 2.20. The number of nitriles is 1. The van der Waals surface area contributed by atoms with Gasteiger partial charge in [0.25, 0.3) is 5.91 Å². The largest absolute Gasteiger partial charge is 0.360 e. The number of benzene rings is 2. The summed E-state index contributed by atoms with van der Waals surface area (Å²) in [5.74, 6) is -0.0989. The van der Waals surface area contributed by atoms with Gasteiger partial charge >= 0.3 is 0 Å². The van der Waals surface area contributed by atoms with E-state index in [0.29, 0.717) is 24.1 Å². The SMILES string of the molecule is N#Cc1c[nH]c2ccc(CCNC(=O)c3ccc(-c4cccnc4)cc3)cc12. The summed E-state index contributed by atoms with van der Waals surface area (Å²) in [7, 11) is 0. The van der Waals surface area contributed by atoms with Crippen LogP contribution in [0.5, 0.6) is 0 Å². The van der Waals surface area contributed by atoms with Gasteiger partial charge in [-0.15, -0.1) is 0 Å². The van der Waals surface area contributed by atoms with Crippen molar-refractivity contribution < 1.29 is 4.79 Å². The number of amides is 1. The number of fused-ring (bicyclic) bond motifs is 1. The molecule has 2 heterocycles. The van der Waals surface area contributed by atoms with Gasteiger partial charge < -0.3 is 10.3 Å². The Balaban J connectivity index is 1.37. The van der Waals surface area contributed by atoms with Crippen LogP contribution in [-0.4, -0.2) is 22.4 Å². The highest BCUT2D eigenvalue weighted by Gasteiger charge is 2.07. The van der Waals surface area contributed by atoms with E-state index < -0.39 is 0 Å². The maximum absolute atomic E-state index is 12.4. The maximum Gasteiger partial charge on any atom is 0.251 e. The molecular weight excluding hydrogens is 348 g/mol. The van der Waals surface area contributed by atoms with Crippen LogP contribution in [0, 0.1) is 11.3 Å². The molecule has 28 heavy (non-hydrogen) atoms. The van der Waals surface area contributed by atoms with Gasteiger partial charge in [-0.2, -0.15) is 5.26 Å². The van der Waals surface area contributed by atoms with Crippen LogP contribution in [0.3, 0.4) is 0 Å². The molecule has 2 aromatic carbocycles. The first-order valence-corrected chi connectivity index (χ1v) is 9.03. The van der Waals surface area contributed by atoms with E-state index in [-0.39, 0.29) is 5.91 Å². The molecule has 0 saturated heterocycles. The number of aromatic amines is 1. The van der Waals surface area contributed by atoms with E-state index in [2.05, 4.69) is 21.4 Å². The van der Waals surface area contributed by atoms with Gasteiger partial charge in [-0.05, 0) is 53.4 Å². The Hall–Kier alpha value is -3.91. The highest BCUT2D eigenvalue weighted by molar-refractivity contribution is 5.94. The molecule has 0 aliphatic carbocycles. The second-order valence-corrected chi connectivity index (χ2v) is 6.52. The number of H-pyrrole nitrogens is 1. The van der Waals surface area contributed by atoms with Gasteiger partial charge in [0.1, 0.15) is 6.07 Å². The number of carbonyl (C=O) groups excluding carboxylic acids is 1. The molecule has 4 aromatic rings. The molecule has 0 aliphatic rings. The van der Waals surface area contributed by atoms with E-state index in [9.17, 15) is 4.79 Å². The van der Waals surface area contributed by atoms with Crippen LogP contribution in [-0.2, 0) is 6.42 Å². The first kappa shape index (κ1) is 17.5. The van der Waals surface area contributed by atoms with Crippen molar-refractivity contribution in [3.8, 4) is 17.2 Å². The summed E-state index contributed by atoms with van der Waals surface area (Å²) in [5.41, 5.74) is 5.33. The van der Waals surface area contributed by atoms with Gasteiger partial charge in [0.05, 0.1) is 5.56 Å². The molecule has 0 radical (unpaired) electrons. The normalized spacial score (nSPS) is 10.5. The van der Waals surface area contributed by atoms with Crippen molar-refractivity contribution in [1.82, 2.24) is 15.3 Å². The third-order valence-electron chi connectivity index (χ3n) is 4.71. The van der Waals surface area contributed by atoms with E-state index in [1.807, 2.05) is 54.6 Å². The fourth-order valence-corrected chi connectivity index (χ4v) is 3.19. The summed E-state index contributed by atoms with van der Waals surface area (Å²) in [6.07, 6.45) is 5.95. The van der Waals surface area contributed by atoms with Gasteiger partial charge in [0, 0.05) is 41.6 Å². The molecule has 2 N–H and O–H groups in total. The van der Waals surface area contributed by atoms with Crippen LogP contribution < -0.4 is 5.32 Å². The number of nitrogens with zero attached hydrogens (tertiary/aromatic N) is 2. The number of carbonyl (C=O) groups is 1. The number of aromatic nitrogens is 2. The second kappa shape index (κ2) is 7.77. The van der Waals surface area contributed by atoms with Crippen LogP contribution in [0.1, 0.15) is 21.5 Å². The van der Waals surface area contributed by atoms with Crippen molar-refractivity contribution in [3.05, 3.63) is 89.9 Å². The molecule has 0 atom stereocenters. The third-order valence-corrected chi connectivity index (χ3v) is 4.71. The van der Waals surface area contributed by atoms with E-state index in [4.69, 9.17) is 5.26 Å². The average Bonchev–Trinajstić information content (AvgIpc) is 3.17. The predicted octanol–water partition coefficient (Wildman–Crippen LogP) is 4.07. The molecule has 136 valence electrons. The number of hydrogen-bond acceptors (Lipinski definition) is 3. The zero-order valence-electron chi connectivity index (χ0n) is 15.1. The molecule has 0 unspecified atom stereocenters. The summed E-state index contributed by atoms with van der Waals surface area (Å²) >= 11 is 0. The molecule has 0 aliphatic heterocycles. The molecule has 0 spiro atoms. The Morgan fingerprint density at radius 1 is 1.11 bits per heavy atom. The molecule has 0 bridgehead atoms. The van der Waals surface area contributed by atoms with E-state index >= 15 is 0 Å². The smallest absolute Gasteiger partial charge is 0.251 e. The molecule has 0 saturated carbocycles. The van der Waals surface area contributed by atoms with Gasteiger partial charge in [0.2, 0.25) is 0 Å². The van der Waals surface area contributed by atoms with E-state index in [1.165, 1.54) is 0 Å². The number of nitrogens with one attached hydrogen (secondary N) is 2. The Kier molecular flexibility index (Phi) is 4.85. The molecule has 4 rings (SSSR count). The molecular formula is C23H18N4O. The zero-order chi connectivity index (χ0) is 19.3. The van der Waals surface area contributed by atoms with Crippen molar-refractivity contribution in [2.45, 2.75) is 6.42 Å². The number of pyridine rings is 1. The van der Waals surface area contributed by atoms with E-state index in [1.54, 1.807) is 18.6 Å². The number of hydrogen-bond donors (Lipinski definition) is 2.